The Morgan fingerprint density at radius 1 is 0.971 bits per heavy atom. The second kappa shape index (κ2) is 10.1. The lowest BCUT2D eigenvalue weighted by molar-refractivity contribution is 0.481. The van der Waals surface area contributed by atoms with Crippen LogP contribution in [0.5, 0.6) is 5.75 Å². The monoisotopic (exact) mass is 488 g/mol. The van der Waals surface area contributed by atoms with Crippen LogP contribution in [0.4, 0.5) is 0 Å². The number of phenols is 1. The second-order valence-corrected chi connectivity index (χ2v) is 10.7. The number of hydrogen-bond donors (Lipinski definition) is 1. The Morgan fingerprint density at radius 2 is 1.82 bits per heavy atom. The van der Waals surface area contributed by atoms with Crippen LogP contribution < -0.4 is 5.56 Å². The predicted octanol–water partition coefficient (Wildman–Crippen LogP) is 6.75. The summed E-state index contributed by atoms with van der Waals surface area (Å²) in [5.41, 5.74) is 2.31. The van der Waals surface area contributed by atoms with E-state index in [4.69, 9.17) is 4.98 Å². The average Bonchev–Trinajstić information content (AvgIpc) is 3.50. The molecule has 5 aromatic rings. The van der Waals surface area contributed by atoms with E-state index in [1.165, 1.54) is 21.8 Å². The highest BCUT2D eigenvalue weighted by Crippen LogP contribution is 2.38. The van der Waals surface area contributed by atoms with E-state index >= 15 is 0 Å². The van der Waals surface area contributed by atoms with Crippen LogP contribution >= 0.6 is 22.7 Å². The quantitative estimate of drug-likeness (QED) is 0.250. The first-order valence-electron chi connectivity index (χ1n) is 11.9. The number of unbranched alkanes of at least 4 members (excludes halogenated alkanes) is 1. The van der Waals surface area contributed by atoms with E-state index in [-0.39, 0.29) is 11.3 Å². The van der Waals surface area contributed by atoms with Crippen molar-refractivity contribution in [1.82, 2.24) is 9.55 Å². The van der Waals surface area contributed by atoms with Crippen molar-refractivity contribution in [3.63, 3.8) is 0 Å². The third-order valence-electron chi connectivity index (χ3n) is 6.27. The highest BCUT2D eigenvalue weighted by atomic mass is 32.1. The summed E-state index contributed by atoms with van der Waals surface area (Å²) in [6.07, 6.45) is 5.37. The zero-order chi connectivity index (χ0) is 23.5. The first kappa shape index (κ1) is 22.8. The van der Waals surface area contributed by atoms with Crippen molar-refractivity contribution in [2.24, 2.45) is 0 Å². The fraction of sp³-hybridized carbons (Fsp3) is 0.286. The van der Waals surface area contributed by atoms with Gasteiger partial charge in [-0.15, -0.1) is 22.7 Å². The van der Waals surface area contributed by atoms with Crippen LogP contribution in [0.2, 0.25) is 0 Å². The van der Waals surface area contributed by atoms with Crippen LogP contribution in [0.25, 0.3) is 20.3 Å². The third-order valence-corrected chi connectivity index (χ3v) is 8.33. The van der Waals surface area contributed by atoms with Crippen molar-refractivity contribution in [2.45, 2.75) is 52.0 Å². The van der Waals surface area contributed by atoms with E-state index in [0.717, 1.165) is 58.4 Å². The Kier molecular flexibility index (Phi) is 6.79. The van der Waals surface area contributed by atoms with Gasteiger partial charge in [0.25, 0.3) is 5.56 Å². The van der Waals surface area contributed by atoms with Crippen LogP contribution in [0.1, 0.15) is 41.6 Å². The molecule has 3 aromatic heterocycles. The molecule has 1 N–H and O–H groups in total. The van der Waals surface area contributed by atoms with Crippen molar-refractivity contribution in [3.05, 3.63) is 92.2 Å². The molecule has 0 aliphatic rings. The fourth-order valence-electron chi connectivity index (χ4n) is 4.47. The molecule has 0 spiro atoms. The van der Waals surface area contributed by atoms with Crippen molar-refractivity contribution >= 4 is 43.0 Å². The summed E-state index contributed by atoms with van der Waals surface area (Å²) in [6.45, 7) is 2.76. The maximum Gasteiger partial charge on any atom is 0.262 e. The lowest BCUT2D eigenvalue weighted by atomic mass is 10.0. The molecule has 0 fully saturated rings. The van der Waals surface area contributed by atoms with Gasteiger partial charge < -0.3 is 5.11 Å². The molecule has 0 saturated heterocycles. The molecule has 3 heterocycles. The van der Waals surface area contributed by atoms with Crippen molar-refractivity contribution < 1.29 is 5.11 Å². The molecule has 4 nitrogen and oxygen atoms in total. The van der Waals surface area contributed by atoms with E-state index < -0.39 is 0 Å². The number of aromatic hydroxyl groups is 1. The molecule has 0 unspecified atom stereocenters. The van der Waals surface area contributed by atoms with E-state index in [9.17, 15) is 9.90 Å². The number of fused-ring (bicyclic) bond motifs is 3. The van der Waals surface area contributed by atoms with Crippen molar-refractivity contribution in [2.75, 3.05) is 0 Å². The molecular formula is C28H28N2O2S2. The van der Waals surface area contributed by atoms with Crippen molar-refractivity contribution in [1.29, 1.82) is 0 Å². The lowest BCUT2D eigenvalue weighted by Crippen LogP contribution is -2.26. The van der Waals surface area contributed by atoms with Gasteiger partial charge in [-0.05, 0) is 60.4 Å². The van der Waals surface area contributed by atoms with Crippen LogP contribution in [-0.2, 0) is 32.2 Å². The molecule has 34 heavy (non-hydrogen) atoms. The second-order valence-electron chi connectivity index (χ2n) is 8.68. The van der Waals surface area contributed by atoms with Gasteiger partial charge in [-0.1, -0.05) is 49.7 Å². The first-order chi connectivity index (χ1) is 16.6. The summed E-state index contributed by atoms with van der Waals surface area (Å²) in [5, 5.41) is 14.3. The Labute approximate surface area is 207 Å². The predicted molar refractivity (Wildman–Crippen MR) is 144 cm³/mol. The smallest absolute Gasteiger partial charge is 0.262 e. The molecule has 0 atom stereocenters. The van der Waals surface area contributed by atoms with E-state index in [2.05, 4.69) is 36.6 Å². The molecule has 0 aliphatic carbocycles. The maximum absolute atomic E-state index is 13.9. The Hall–Kier alpha value is -2.96. The number of aromatic nitrogens is 2. The van der Waals surface area contributed by atoms with Gasteiger partial charge in [0, 0.05) is 23.2 Å². The zero-order valence-corrected chi connectivity index (χ0v) is 20.9. The minimum absolute atomic E-state index is 0.00269. The van der Waals surface area contributed by atoms with Gasteiger partial charge in [-0.2, -0.15) is 0 Å². The molecule has 0 amide bonds. The highest BCUT2D eigenvalue weighted by Gasteiger charge is 2.19. The lowest BCUT2D eigenvalue weighted by Gasteiger charge is -2.12. The number of rotatable bonds is 9. The Balaban J connectivity index is 1.61. The first-order valence-corrected chi connectivity index (χ1v) is 13.6. The number of phenolic OH excluding ortho intramolecular Hbond substituents is 1. The number of thiophene rings is 2. The van der Waals surface area contributed by atoms with Crippen LogP contribution in [0.15, 0.2) is 64.8 Å². The normalized spacial score (nSPS) is 11.6. The standard InChI is InChI=1S/C28H28N2O2S2/c1-2-3-8-20-17-22-25-27(34-26(22)23(31)18-20)29-24(13-12-19-9-5-4-6-10-19)30(28(25)32)15-14-21-11-7-16-33-21/h4-7,9-11,16-18,31H,2-3,8,12-15H2,1H3. The molecule has 0 radical (unpaired) electrons. The molecule has 0 saturated carbocycles. The average molecular weight is 489 g/mol. The summed E-state index contributed by atoms with van der Waals surface area (Å²) in [4.78, 5) is 20.9. The summed E-state index contributed by atoms with van der Waals surface area (Å²) in [7, 11) is 0. The van der Waals surface area contributed by atoms with Crippen LogP contribution in [0, 0.1) is 0 Å². The number of hydrogen-bond acceptors (Lipinski definition) is 5. The van der Waals surface area contributed by atoms with Gasteiger partial charge in [-0.25, -0.2) is 4.98 Å². The van der Waals surface area contributed by atoms with E-state index in [0.29, 0.717) is 18.4 Å². The molecule has 6 heteroatoms. The van der Waals surface area contributed by atoms with Crippen molar-refractivity contribution in [3.8, 4) is 5.75 Å². The summed E-state index contributed by atoms with van der Waals surface area (Å²) in [6, 6.07) is 18.4. The SMILES string of the molecule is CCCCc1cc(O)c2sc3nc(CCc4ccccc4)n(CCc4cccs4)c(=O)c3c2c1. The Bertz CT molecular complexity index is 1470. The number of nitrogens with zero attached hydrogens (tertiary/aromatic N) is 2. The minimum atomic E-state index is 0.00269. The maximum atomic E-state index is 13.9. The van der Waals surface area contributed by atoms with E-state index in [1.54, 1.807) is 11.3 Å². The molecule has 0 bridgehead atoms. The molecule has 174 valence electrons. The summed E-state index contributed by atoms with van der Waals surface area (Å²) >= 11 is 3.14. The van der Waals surface area contributed by atoms with Gasteiger partial charge in [-0.3, -0.25) is 9.36 Å². The number of aryl methyl sites for hydroxylation is 4. The summed E-state index contributed by atoms with van der Waals surface area (Å²) in [5.74, 6) is 1.07. The molecule has 2 aromatic carbocycles. The van der Waals surface area contributed by atoms with Gasteiger partial charge in [0.05, 0.1) is 10.1 Å². The van der Waals surface area contributed by atoms with Gasteiger partial charge >= 0.3 is 0 Å². The van der Waals surface area contributed by atoms with E-state index in [1.807, 2.05) is 34.9 Å². The van der Waals surface area contributed by atoms with Gasteiger partial charge in [0.2, 0.25) is 0 Å². The Morgan fingerprint density at radius 3 is 2.59 bits per heavy atom. The zero-order valence-electron chi connectivity index (χ0n) is 19.3. The molecule has 5 rings (SSSR count). The minimum Gasteiger partial charge on any atom is -0.506 e. The third kappa shape index (κ3) is 4.65. The van der Waals surface area contributed by atoms with Crippen LogP contribution in [-0.4, -0.2) is 14.7 Å². The topological polar surface area (TPSA) is 55.1 Å². The summed E-state index contributed by atoms with van der Waals surface area (Å²) < 4.78 is 2.62. The van der Waals surface area contributed by atoms with Gasteiger partial charge in [0.15, 0.2) is 0 Å². The molecule has 0 aliphatic heterocycles. The molecular weight excluding hydrogens is 460 g/mol. The van der Waals surface area contributed by atoms with Crippen LogP contribution in [0.3, 0.4) is 0 Å². The largest absolute Gasteiger partial charge is 0.506 e. The van der Waals surface area contributed by atoms with Gasteiger partial charge in [0.1, 0.15) is 16.4 Å². The highest BCUT2D eigenvalue weighted by molar-refractivity contribution is 7.25. The number of benzene rings is 2. The fourth-order valence-corrected chi connectivity index (χ4v) is 6.24.